The first-order chi connectivity index (χ1) is 23.3. The van der Waals surface area contributed by atoms with Crippen LogP contribution in [-0.4, -0.2) is 63.5 Å². The molecule has 1 aliphatic heterocycles. The number of anilines is 1. The van der Waals surface area contributed by atoms with E-state index in [-0.39, 0.29) is 28.7 Å². The van der Waals surface area contributed by atoms with Crippen molar-refractivity contribution < 1.29 is 23.5 Å². The summed E-state index contributed by atoms with van der Waals surface area (Å²) in [4.78, 5) is 41.6. The number of methoxy groups -OCH3 is 1. The molecular weight excluding hydrogens is 637 g/mol. The fourth-order valence-electron chi connectivity index (χ4n) is 5.73. The van der Waals surface area contributed by atoms with E-state index >= 15 is 4.39 Å². The molecule has 0 spiro atoms. The van der Waals surface area contributed by atoms with E-state index in [9.17, 15) is 14.4 Å². The van der Waals surface area contributed by atoms with E-state index in [1.165, 1.54) is 40.2 Å². The van der Waals surface area contributed by atoms with Gasteiger partial charge in [0.15, 0.2) is 5.82 Å². The highest BCUT2D eigenvalue weighted by molar-refractivity contribution is 6.31. The lowest BCUT2D eigenvalue weighted by molar-refractivity contribution is -0.135. The number of fused-ring (bicyclic) bond motifs is 1. The number of carbonyl (C=O) groups is 3. The van der Waals surface area contributed by atoms with Crippen LogP contribution in [0.3, 0.4) is 0 Å². The Morgan fingerprint density at radius 2 is 1.79 bits per heavy atom. The monoisotopic (exact) mass is 665 g/mol. The van der Waals surface area contributed by atoms with Crippen molar-refractivity contribution in [2.45, 2.75) is 12.5 Å². The standard InChI is InChI=1S/C35H29ClFN7O4/c1-38-34(46)22-8-6-21(7-9-22)25-4-3-5-27-26(25)18-19-43(33(27)35(47)40-23-10-12-24(48-2)13-11-23)31(45)17-14-28-30(44-20-39-41-42-44)16-15-29(36)32(28)37/h3-17,20,33H,18-19H2,1-2H3,(H,38,46)(H,40,47)/b17-14+. The molecule has 5 aromatic rings. The lowest BCUT2D eigenvalue weighted by Crippen LogP contribution is -2.45. The molecule has 2 N–H and O–H groups in total. The zero-order valence-corrected chi connectivity index (χ0v) is 26.6. The highest BCUT2D eigenvalue weighted by Gasteiger charge is 2.36. The summed E-state index contributed by atoms with van der Waals surface area (Å²) in [5, 5.41) is 16.5. The van der Waals surface area contributed by atoms with Gasteiger partial charge in [-0.25, -0.2) is 4.39 Å². The van der Waals surface area contributed by atoms with Crippen LogP contribution in [0.25, 0.3) is 22.9 Å². The zero-order valence-electron chi connectivity index (χ0n) is 25.9. The zero-order chi connectivity index (χ0) is 33.8. The number of ether oxygens (including phenoxy) is 1. The predicted molar refractivity (Wildman–Crippen MR) is 178 cm³/mol. The summed E-state index contributed by atoms with van der Waals surface area (Å²) in [6.45, 7) is 0.197. The molecule has 0 radical (unpaired) electrons. The van der Waals surface area contributed by atoms with Crippen molar-refractivity contribution in [3.63, 3.8) is 0 Å². The minimum atomic E-state index is -1.03. The molecule has 0 saturated carbocycles. The first-order valence-corrected chi connectivity index (χ1v) is 15.3. The quantitative estimate of drug-likeness (QED) is 0.216. The number of carbonyl (C=O) groups excluding carboxylic acids is 3. The third-order valence-corrected chi connectivity index (χ3v) is 8.39. The maximum absolute atomic E-state index is 15.3. The lowest BCUT2D eigenvalue weighted by Gasteiger charge is -2.37. The van der Waals surface area contributed by atoms with Gasteiger partial charge in [0.05, 0.1) is 17.8 Å². The first kappa shape index (κ1) is 32.1. The van der Waals surface area contributed by atoms with Crippen molar-refractivity contribution in [2.75, 3.05) is 26.0 Å². The summed E-state index contributed by atoms with van der Waals surface area (Å²) in [7, 11) is 3.12. The number of rotatable bonds is 8. The maximum atomic E-state index is 15.3. The van der Waals surface area contributed by atoms with Gasteiger partial charge < -0.3 is 20.3 Å². The van der Waals surface area contributed by atoms with Gasteiger partial charge in [-0.05, 0) is 93.7 Å². The van der Waals surface area contributed by atoms with Gasteiger partial charge in [0.1, 0.15) is 18.1 Å². The second-order valence-electron chi connectivity index (χ2n) is 10.8. The number of amides is 3. The van der Waals surface area contributed by atoms with Crippen LogP contribution in [0.15, 0.2) is 91.3 Å². The van der Waals surface area contributed by atoms with Crippen LogP contribution in [-0.2, 0) is 16.0 Å². The molecule has 1 atom stereocenters. The second kappa shape index (κ2) is 13.9. The summed E-state index contributed by atoms with van der Waals surface area (Å²) >= 11 is 6.08. The molecule has 1 aromatic heterocycles. The number of aromatic nitrogens is 4. The molecular formula is C35H29ClFN7O4. The van der Waals surface area contributed by atoms with Crippen molar-refractivity contribution in [3.8, 4) is 22.6 Å². The topological polar surface area (TPSA) is 131 Å². The van der Waals surface area contributed by atoms with Gasteiger partial charge in [0.2, 0.25) is 5.91 Å². The number of hydrogen-bond acceptors (Lipinski definition) is 7. The van der Waals surface area contributed by atoms with E-state index in [0.29, 0.717) is 29.0 Å². The summed E-state index contributed by atoms with van der Waals surface area (Å²) in [5.74, 6) is -1.27. The highest BCUT2D eigenvalue weighted by Crippen LogP contribution is 2.37. The summed E-state index contributed by atoms with van der Waals surface area (Å²) in [6, 6.07) is 21.5. The lowest BCUT2D eigenvalue weighted by atomic mass is 9.85. The minimum absolute atomic E-state index is 0.00211. The summed E-state index contributed by atoms with van der Waals surface area (Å²) < 4.78 is 21.7. The molecule has 2 heterocycles. The molecule has 3 amide bonds. The summed E-state index contributed by atoms with van der Waals surface area (Å²) in [5.41, 5.74) is 4.60. The van der Waals surface area contributed by atoms with Crippen LogP contribution in [0, 0.1) is 5.82 Å². The van der Waals surface area contributed by atoms with Gasteiger partial charge in [-0.3, -0.25) is 14.4 Å². The number of halogens is 2. The van der Waals surface area contributed by atoms with E-state index in [4.69, 9.17) is 16.3 Å². The van der Waals surface area contributed by atoms with Gasteiger partial charge >= 0.3 is 0 Å². The van der Waals surface area contributed by atoms with Crippen molar-refractivity contribution >= 4 is 41.1 Å². The Kier molecular flexibility index (Phi) is 9.26. The fourth-order valence-corrected chi connectivity index (χ4v) is 5.89. The van der Waals surface area contributed by atoms with E-state index in [0.717, 1.165) is 16.7 Å². The van der Waals surface area contributed by atoms with Crippen LogP contribution in [0.1, 0.15) is 33.1 Å². The Hall–Kier alpha value is -5.88. The van der Waals surface area contributed by atoms with Gasteiger partial charge in [-0.1, -0.05) is 41.9 Å². The molecule has 1 aliphatic rings. The average Bonchev–Trinajstić information content (AvgIpc) is 3.66. The Balaban J connectivity index is 1.38. The van der Waals surface area contributed by atoms with Crippen LogP contribution in [0.2, 0.25) is 5.02 Å². The SMILES string of the molecule is CNC(=O)c1ccc(-c2cccc3c2CCN(C(=O)/C=C/c2c(-n4cnnn4)ccc(Cl)c2F)C3C(=O)Nc2ccc(OC)cc2)cc1. The molecule has 0 saturated heterocycles. The molecule has 1 unspecified atom stereocenters. The van der Waals surface area contributed by atoms with Crippen LogP contribution in [0.4, 0.5) is 10.1 Å². The molecule has 0 bridgehead atoms. The molecule has 4 aromatic carbocycles. The second-order valence-corrected chi connectivity index (χ2v) is 11.2. The van der Waals surface area contributed by atoms with E-state index in [1.54, 1.807) is 50.6 Å². The van der Waals surface area contributed by atoms with Crippen molar-refractivity contribution in [3.05, 3.63) is 124 Å². The normalized spacial score (nSPS) is 14.0. The maximum Gasteiger partial charge on any atom is 0.251 e. The number of tetrazole rings is 1. The third-order valence-electron chi connectivity index (χ3n) is 8.09. The molecule has 0 aliphatic carbocycles. The third kappa shape index (κ3) is 6.38. The smallest absolute Gasteiger partial charge is 0.251 e. The van der Waals surface area contributed by atoms with Gasteiger partial charge in [0.25, 0.3) is 11.8 Å². The average molecular weight is 666 g/mol. The van der Waals surface area contributed by atoms with Crippen LogP contribution in [0.5, 0.6) is 5.75 Å². The largest absolute Gasteiger partial charge is 0.497 e. The molecule has 11 nitrogen and oxygen atoms in total. The first-order valence-electron chi connectivity index (χ1n) is 14.9. The molecule has 13 heteroatoms. The van der Waals surface area contributed by atoms with Gasteiger partial charge in [-0.15, -0.1) is 5.10 Å². The van der Waals surface area contributed by atoms with Crippen molar-refractivity contribution in [1.29, 1.82) is 0 Å². The van der Waals surface area contributed by atoms with Gasteiger partial charge in [0, 0.05) is 36.5 Å². The number of benzene rings is 4. The number of nitrogens with one attached hydrogen (secondary N) is 2. The van der Waals surface area contributed by atoms with E-state index < -0.39 is 23.7 Å². The molecule has 242 valence electrons. The van der Waals surface area contributed by atoms with E-state index in [2.05, 4.69) is 26.2 Å². The Morgan fingerprint density at radius 3 is 2.48 bits per heavy atom. The fraction of sp³-hybridized carbons (Fsp3) is 0.143. The van der Waals surface area contributed by atoms with Crippen molar-refractivity contribution in [2.24, 2.45) is 0 Å². The van der Waals surface area contributed by atoms with E-state index in [1.807, 2.05) is 30.3 Å². The minimum Gasteiger partial charge on any atom is -0.497 e. The number of nitrogens with zero attached hydrogens (tertiary/aromatic N) is 5. The Labute approximate surface area is 280 Å². The van der Waals surface area contributed by atoms with Crippen molar-refractivity contribution in [1.82, 2.24) is 30.4 Å². The molecule has 48 heavy (non-hydrogen) atoms. The summed E-state index contributed by atoms with van der Waals surface area (Å²) in [6.07, 6.45) is 4.25. The van der Waals surface area contributed by atoms with Crippen LogP contribution < -0.4 is 15.4 Å². The molecule has 6 rings (SSSR count). The Bertz CT molecular complexity index is 2020. The molecule has 0 fully saturated rings. The van der Waals surface area contributed by atoms with Crippen LogP contribution >= 0.6 is 11.6 Å². The predicted octanol–water partition coefficient (Wildman–Crippen LogP) is 5.27. The number of hydrogen-bond donors (Lipinski definition) is 2. The highest BCUT2D eigenvalue weighted by atomic mass is 35.5. The Morgan fingerprint density at radius 1 is 1.02 bits per heavy atom. The van der Waals surface area contributed by atoms with Gasteiger partial charge in [-0.2, -0.15) is 4.68 Å².